The zero-order valence-corrected chi connectivity index (χ0v) is 10.2. The maximum Gasteiger partial charge on any atom is 0.234 e. The van der Waals surface area contributed by atoms with Gasteiger partial charge >= 0.3 is 0 Å². The zero-order valence-electron chi connectivity index (χ0n) is 10.2. The van der Waals surface area contributed by atoms with Gasteiger partial charge in [0.15, 0.2) is 0 Å². The second-order valence-corrected chi connectivity index (χ2v) is 3.64. The molecule has 0 aliphatic rings. The minimum atomic E-state index is 0.107. The molecule has 0 fully saturated rings. The average molecular weight is 216 g/mol. The molecule has 1 N–H and O–H groups in total. The van der Waals surface area contributed by atoms with Crippen LogP contribution in [0.1, 0.15) is 26.7 Å². The summed E-state index contributed by atoms with van der Waals surface area (Å²) in [5.41, 5.74) is 0. The van der Waals surface area contributed by atoms with Gasteiger partial charge in [-0.2, -0.15) is 0 Å². The van der Waals surface area contributed by atoms with E-state index in [-0.39, 0.29) is 5.91 Å². The molecule has 0 saturated carbocycles. The standard InChI is InChI=1S/C11H24N2O2/c1-4-7-12-11(14)10-13(3)8-6-9-15-5-2/h4-10H2,1-3H3,(H,12,14). The SMILES string of the molecule is CCCNC(=O)CN(C)CCCOCC. The van der Waals surface area contributed by atoms with Gasteiger partial charge in [-0.25, -0.2) is 0 Å². The molecule has 0 bridgehead atoms. The molecule has 0 heterocycles. The largest absolute Gasteiger partial charge is 0.382 e. The van der Waals surface area contributed by atoms with E-state index in [2.05, 4.69) is 5.32 Å². The van der Waals surface area contributed by atoms with Crippen LogP contribution < -0.4 is 5.32 Å². The van der Waals surface area contributed by atoms with Crippen molar-refractivity contribution in [2.75, 3.05) is 39.9 Å². The minimum Gasteiger partial charge on any atom is -0.382 e. The van der Waals surface area contributed by atoms with Gasteiger partial charge in [0.05, 0.1) is 6.54 Å². The van der Waals surface area contributed by atoms with Crippen molar-refractivity contribution in [3.05, 3.63) is 0 Å². The smallest absolute Gasteiger partial charge is 0.234 e. The van der Waals surface area contributed by atoms with Crippen LogP contribution in [0.15, 0.2) is 0 Å². The van der Waals surface area contributed by atoms with E-state index in [0.29, 0.717) is 6.54 Å². The highest BCUT2D eigenvalue weighted by molar-refractivity contribution is 5.77. The third-order valence-electron chi connectivity index (χ3n) is 2.02. The highest BCUT2D eigenvalue weighted by Gasteiger charge is 2.04. The second kappa shape index (κ2) is 9.93. The van der Waals surface area contributed by atoms with Crippen molar-refractivity contribution in [1.82, 2.24) is 10.2 Å². The molecule has 0 aliphatic carbocycles. The lowest BCUT2D eigenvalue weighted by Gasteiger charge is -2.15. The first-order valence-corrected chi connectivity index (χ1v) is 5.73. The Morgan fingerprint density at radius 1 is 1.40 bits per heavy atom. The first kappa shape index (κ1) is 14.4. The maximum absolute atomic E-state index is 11.3. The maximum atomic E-state index is 11.3. The van der Waals surface area contributed by atoms with Crippen molar-refractivity contribution in [1.29, 1.82) is 0 Å². The third-order valence-corrected chi connectivity index (χ3v) is 2.02. The Morgan fingerprint density at radius 2 is 2.13 bits per heavy atom. The highest BCUT2D eigenvalue weighted by atomic mass is 16.5. The van der Waals surface area contributed by atoms with Crippen LogP contribution in [0.2, 0.25) is 0 Å². The van der Waals surface area contributed by atoms with Crippen molar-refractivity contribution < 1.29 is 9.53 Å². The normalized spacial score (nSPS) is 10.7. The Kier molecular flexibility index (Phi) is 9.52. The van der Waals surface area contributed by atoms with Crippen LogP contribution in [0.3, 0.4) is 0 Å². The lowest BCUT2D eigenvalue weighted by Crippen LogP contribution is -2.36. The van der Waals surface area contributed by atoms with Crippen LogP contribution in [-0.2, 0) is 9.53 Å². The van der Waals surface area contributed by atoms with Gasteiger partial charge in [-0.15, -0.1) is 0 Å². The van der Waals surface area contributed by atoms with Gasteiger partial charge in [0, 0.05) is 26.3 Å². The fraction of sp³-hybridized carbons (Fsp3) is 0.909. The summed E-state index contributed by atoms with van der Waals surface area (Å²) in [6.07, 6.45) is 1.96. The number of carbonyl (C=O) groups excluding carboxylic acids is 1. The number of likely N-dealkylation sites (N-methyl/N-ethyl adjacent to an activating group) is 1. The molecule has 0 unspecified atom stereocenters. The average Bonchev–Trinajstić information content (AvgIpc) is 2.21. The Balaban J connectivity index is 3.38. The van der Waals surface area contributed by atoms with Crippen LogP contribution in [0.25, 0.3) is 0 Å². The van der Waals surface area contributed by atoms with Gasteiger partial charge < -0.3 is 10.1 Å². The van der Waals surface area contributed by atoms with E-state index in [4.69, 9.17) is 4.74 Å². The topological polar surface area (TPSA) is 41.6 Å². The fourth-order valence-electron chi connectivity index (χ4n) is 1.23. The minimum absolute atomic E-state index is 0.107. The summed E-state index contributed by atoms with van der Waals surface area (Å²) in [6.45, 7) is 7.73. The van der Waals surface area contributed by atoms with Gasteiger partial charge in [0.25, 0.3) is 0 Å². The number of nitrogens with zero attached hydrogens (tertiary/aromatic N) is 1. The van der Waals surface area contributed by atoms with Crippen molar-refractivity contribution in [3.63, 3.8) is 0 Å². The predicted octanol–water partition coefficient (Wildman–Crippen LogP) is 0.871. The van der Waals surface area contributed by atoms with E-state index in [0.717, 1.165) is 39.1 Å². The van der Waals surface area contributed by atoms with Crippen LogP contribution in [0.5, 0.6) is 0 Å². The number of rotatable bonds is 9. The summed E-state index contributed by atoms with van der Waals surface area (Å²) in [7, 11) is 1.96. The van der Waals surface area contributed by atoms with Crippen LogP contribution in [-0.4, -0.2) is 50.7 Å². The van der Waals surface area contributed by atoms with Crippen LogP contribution in [0, 0.1) is 0 Å². The Hall–Kier alpha value is -0.610. The van der Waals surface area contributed by atoms with E-state index < -0.39 is 0 Å². The quantitative estimate of drug-likeness (QED) is 0.582. The number of ether oxygens (including phenoxy) is 1. The molecule has 90 valence electrons. The van der Waals surface area contributed by atoms with E-state index >= 15 is 0 Å². The molecular formula is C11H24N2O2. The predicted molar refractivity (Wildman–Crippen MR) is 61.9 cm³/mol. The Labute approximate surface area is 93.0 Å². The first-order valence-electron chi connectivity index (χ1n) is 5.73. The lowest BCUT2D eigenvalue weighted by atomic mass is 10.4. The van der Waals surface area contributed by atoms with Crippen molar-refractivity contribution in [2.45, 2.75) is 26.7 Å². The number of carbonyl (C=O) groups is 1. The summed E-state index contributed by atoms with van der Waals surface area (Å²) in [4.78, 5) is 13.3. The van der Waals surface area contributed by atoms with Gasteiger partial charge in [-0.3, -0.25) is 9.69 Å². The van der Waals surface area contributed by atoms with Crippen molar-refractivity contribution in [2.24, 2.45) is 0 Å². The van der Waals surface area contributed by atoms with Crippen LogP contribution in [0.4, 0.5) is 0 Å². The van der Waals surface area contributed by atoms with E-state index in [1.165, 1.54) is 0 Å². The van der Waals surface area contributed by atoms with Crippen molar-refractivity contribution >= 4 is 5.91 Å². The van der Waals surface area contributed by atoms with Crippen LogP contribution >= 0.6 is 0 Å². The highest BCUT2D eigenvalue weighted by Crippen LogP contribution is 1.88. The molecule has 0 atom stereocenters. The third kappa shape index (κ3) is 9.69. The van der Waals surface area contributed by atoms with Gasteiger partial charge in [0.1, 0.15) is 0 Å². The molecular weight excluding hydrogens is 192 g/mol. The number of hydrogen-bond acceptors (Lipinski definition) is 3. The molecule has 0 aromatic rings. The molecule has 0 rings (SSSR count). The summed E-state index contributed by atoms with van der Waals surface area (Å²) >= 11 is 0. The molecule has 1 amide bonds. The molecule has 0 aromatic heterocycles. The first-order chi connectivity index (χ1) is 7.20. The molecule has 0 aliphatic heterocycles. The molecule has 4 nitrogen and oxygen atoms in total. The second-order valence-electron chi connectivity index (χ2n) is 3.64. The molecule has 0 radical (unpaired) electrons. The molecule has 4 heteroatoms. The number of nitrogens with one attached hydrogen (secondary N) is 1. The van der Waals surface area contributed by atoms with Gasteiger partial charge in [0.2, 0.25) is 5.91 Å². The van der Waals surface area contributed by atoms with E-state index in [9.17, 15) is 4.79 Å². The van der Waals surface area contributed by atoms with E-state index in [1.54, 1.807) is 0 Å². The summed E-state index contributed by atoms with van der Waals surface area (Å²) in [5, 5.41) is 2.85. The summed E-state index contributed by atoms with van der Waals surface area (Å²) in [6, 6.07) is 0. The van der Waals surface area contributed by atoms with Gasteiger partial charge in [-0.05, 0) is 26.8 Å². The Morgan fingerprint density at radius 3 is 2.73 bits per heavy atom. The molecule has 0 spiro atoms. The monoisotopic (exact) mass is 216 g/mol. The molecule has 0 aromatic carbocycles. The lowest BCUT2D eigenvalue weighted by molar-refractivity contribution is -0.121. The summed E-state index contributed by atoms with van der Waals surface area (Å²) in [5.74, 6) is 0.107. The number of amides is 1. The number of hydrogen-bond donors (Lipinski definition) is 1. The molecule has 15 heavy (non-hydrogen) atoms. The van der Waals surface area contributed by atoms with E-state index in [1.807, 2.05) is 25.8 Å². The van der Waals surface area contributed by atoms with Crippen molar-refractivity contribution in [3.8, 4) is 0 Å². The molecule has 0 saturated heterocycles. The summed E-state index contributed by atoms with van der Waals surface area (Å²) < 4.78 is 5.23. The zero-order chi connectivity index (χ0) is 11.5. The fourth-order valence-corrected chi connectivity index (χ4v) is 1.23. The van der Waals surface area contributed by atoms with Gasteiger partial charge in [-0.1, -0.05) is 6.92 Å². The Bertz CT molecular complexity index is 163.